The van der Waals surface area contributed by atoms with Gasteiger partial charge in [-0.1, -0.05) is 30.8 Å². The van der Waals surface area contributed by atoms with Gasteiger partial charge in [0, 0.05) is 25.4 Å². The van der Waals surface area contributed by atoms with Crippen LogP contribution in [0.2, 0.25) is 0 Å². The monoisotopic (exact) mass is 346 g/mol. The first-order valence-electron chi connectivity index (χ1n) is 10.0. The Kier molecular flexibility index (Phi) is 4.80. The second-order valence-electron chi connectivity index (χ2n) is 8.36. The zero-order valence-corrected chi connectivity index (χ0v) is 15.2. The molecule has 6 heteroatoms. The maximum absolute atomic E-state index is 12.9. The fourth-order valence-electron chi connectivity index (χ4n) is 5.15. The van der Waals surface area contributed by atoms with Crippen molar-refractivity contribution in [3.63, 3.8) is 0 Å². The Labute approximate surface area is 149 Å². The van der Waals surface area contributed by atoms with Crippen molar-refractivity contribution in [3.8, 4) is 0 Å². The molecule has 1 aromatic rings. The van der Waals surface area contributed by atoms with Crippen LogP contribution >= 0.6 is 0 Å². The number of carbonyl (C=O) groups excluding carboxylic acids is 1. The van der Waals surface area contributed by atoms with E-state index < -0.39 is 5.54 Å². The lowest BCUT2D eigenvalue weighted by Gasteiger charge is -2.33. The van der Waals surface area contributed by atoms with Gasteiger partial charge in [0.25, 0.3) is 0 Å². The van der Waals surface area contributed by atoms with Gasteiger partial charge in [-0.3, -0.25) is 4.79 Å². The number of nitrogens with one attached hydrogen (secondary N) is 2. The average molecular weight is 346 g/mol. The highest BCUT2D eigenvalue weighted by atomic mass is 16.5. The molecule has 1 amide bonds. The second kappa shape index (κ2) is 7.06. The molecule has 6 nitrogen and oxygen atoms in total. The van der Waals surface area contributed by atoms with Gasteiger partial charge in [-0.25, -0.2) is 0 Å². The Morgan fingerprint density at radius 2 is 1.88 bits per heavy atom. The molecule has 2 aliphatic heterocycles. The van der Waals surface area contributed by atoms with Gasteiger partial charge in [0.15, 0.2) is 5.82 Å². The minimum absolute atomic E-state index is 0.163. The van der Waals surface area contributed by atoms with E-state index in [9.17, 15) is 4.79 Å². The van der Waals surface area contributed by atoms with Crippen LogP contribution in [-0.2, 0) is 10.3 Å². The molecule has 1 aliphatic carbocycles. The van der Waals surface area contributed by atoms with E-state index in [2.05, 4.69) is 20.8 Å². The van der Waals surface area contributed by atoms with Crippen molar-refractivity contribution in [1.82, 2.24) is 20.8 Å². The van der Waals surface area contributed by atoms with E-state index in [0.29, 0.717) is 36.1 Å². The predicted octanol–water partition coefficient (Wildman–Crippen LogP) is 2.96. The SMILES string of the molecule is Cc1nc(C2(NC(=O)CC3CC4CCC(C3)N4)CCCCCC2)no1. The van der Waals surface area contributed by atoms with Gasteiger partial charge in [-0.05, 0) is 44.4 Å². The zero-order valence-electron chi connectivity index (χ0n) is 15.2. The Hall–Kier alpha value is -1.43. The van der Waals surface area contributed by atoms with Crippen molar-refractivity contribution in [2.75, 3.05) is 0 Å². The van der Waals surface area contributed by atoms with Crippen LogP contribution in [0.15, 0.2) is 4.52 Å². The number of carbonyl (C=O) groups is 1. The molecule has 1 saturated carbocycles. The van der Waals surface area contributed by atoms with Gasteiger partial charge in [0.05, 0.1) is 0 Å². The predicted molar refractivity (Wildman–Crippen MR) is 93.8 cm³/mol. The number of aromatic nitrogens is 2. The molecule has 3 aliphatic rings. The van der Waals surface area contributed by atoms with Crippen LogP contribution in [-0.4, -0.2) is 28.1 Å². The largest absolute Gasteiger partial charge is 0.343 e. The van der Waals surface area contributed by atoms with Crippen LogP contribution in [0, 0.1) is 12.8 Å². The first kappa shape index (κ1) is 17.0. The second-order valence-corrected chi connectivity index (χ2v) is 8.36. The van der Waals surface area contributed by atoms with Crippen LogP contribution in [0.1, 0.15) is 82.3 Å². The smallest absolute Gasteiger partial charge is 0.223 e. The third-order valence-corrected chi connectivity index (χ3v) is 6.34. The van der Waals surface area contributed by atoms with Crippen molar-refractivity contribution in [3.05, 3.63) is 11.7 Å². The van der Waals surface area contributed by atoms with Crippen LogP contribution in [0.4, 0.5) is 0 Å². The van der Waals surface area contributed by atoms with E-state index in [0.717, 1.165) is 38.5 Å². The minimum atomic E-state index is -0.433. The van der Waals surface area contributed by atoms with Crippen molar-refractivity contribution >= 4 is 5.91 Å². The molecule has 0 aromatic carbocycles. The lowest BCUT2D eigenvalue weighted by Crippen LogP contribution is -2.48. The number of hydrogen-bond acceptors (Lipinski definition) is 5. The summed E-state index contributed by atoms with van der Waals surface area (Å²) >= 11 is 0. The Morgan fingerprint density at radius 3 is 2.48 bits per heavy atom. The molecule has 0 spiro atoms. The molecule has 3 heterocycles. The standard InChI is InChI=1S/C19H30N4O2/c1-13-20-18(23-25-13)19(8-4-2-3-5-9-19)22-17(24)12-14-10-15-6-7-16(11-14)21-15/h14-16,21H,2-12H2,1H3,(H,22,24). The van der Waals surface area contributed by atoms with Crippen molar-refractivity contribution < 1.29 is 9.32 Å². The molecule has 3 fully saturated rings. The summed E-state index contributed by atoms with van der Waals surface area (Å²) in [4.78, 5) is 17.4. The molecule has 0 radical (unpaired) electrons. The van der Waals surface area contributed by atoms with E-state index in [1.165, 1.54) is 25.7 Å². The number of rotatable bonds is 4. The summed E-state index contributed by atoms with van der Waals surface area (Å²) in [6, 6.07) is 1.26. The van der Waals surface area contributed by atoms with Gasteiger partial charge < -0.3 is 15.2 Å². The summed E-state index contributed by atoms with van der Waals surface area (Å²) in [5.74, 6) is 1.91. The van der Waals surface area contributed by atoms with E-state index >= 15 is 0 Å². The first-order valence-corrected chi connectivity index (χ1v) is 10.0. The van der Waals surface area contributed by atoms with Crippen LogP contribution in [0.5, 0.6) is 0 Å². The number of nitrogens with zero attached hydrogens (tertiary/aromatic N) is 2. The number of hydrogen-bond donors (Lipinski definition) is 2. The fraction of sp³-hybridized carbons (Fsp3) is 0.842. The summed E-state index contributed by atoms with van der Waals surface area (Å²) < 4.78 is 5.23. The lowest BCUT2D eigenvalue weighted by molar-refractivity contribution is -0.124. The molecule has 138 valence electrons. The number of fused-ring (bicyclic) bond motifs is 2. The topological polar surface area (TPSA) is 80.0 Å². The van der Waals surface area contributed by atoms with Gasteiger partial charge in [-0.15, -0.1) is 0 Å². The fourth-order valence-corrected chi connectivity index (χ4v) is 5.15. The summed E-state index contributed by atoms with van der Waals surface area (Å²) in [5.41, 5.74) is -0.433. The van der Waals surface area contributed by atoms with E-state index in [4.69, 9.17) is 4.52 Å². The van der Waals surface area contributed by atoms with Crippen molar-refractivity contribution in [1.29, 1.82) is 0 Å². The molecule has 2 atom stereocenters. The lowest BCUT2D eigenvalue weighted by atomic mass is 9.86. The molecule has 2 N–H and O–H groups in total. The summed E-state index contributed by atoms with van der Waals surface area (Å²) in [5, 5.41) is 11.2. The maximum atomic E-state index is 12.9. The Morgan fingerprint density at radius 1 is 1.20 bits per heavy atom. The highest BCUT2D eigenvalue weighted by molar-refractivity contribution is 5.77. The molecular weight excluding hydrogens is 316 g/mol. The molecule has 2 saturated heterocycles. The molecule has 2 bridgehead atoms. The first-order chi connectivity index (χ1) is 12.1. The molecule has 2 unspecified atom stereocenters. The highest BCUT2D eigenvalue weighted by Gasteiger charge is 2.40. The van der Waals surface area contributed by atoms with Crippen LogP contribution in [0.25, 0.3) is 0 Å². The Bertz CT molecular complexity index is 594. The maximum Gasteiger partial charge on any atom is 0.223 e. The third-order valence-electron chi connectivity index (χ3n) is 6.34. The summed E-state index contributed by atoms with van der Waals surface area (Å²) in [6.07, 6.45) is 11.9. The average Bonchev–Trinajstić information content (AvgIpc) is 3.07. The van der Waals surface area contributed by atoms with Gasteiger partial charge in [0.2, 0.25) is 11.8 Å². The zero-order chi connectivity index (χ0) is 17.3. The highest BCUT2D eigenvalue weighted by Crippen LogP contribution is 2.36. The normalized spacial score (nSPS) is 31.5. The quantitative estimate of drug-likeness (QED) is 0.819. The Balaban J connectivity index is 1.45. The van der Waals surface area contributed by atoms with Crippen molar-refractivity contribution in [2.24, 2.45) is 5.92 Å². The number of aryl methyl sites for hydroxylation is 1. The van der Waals surface area contributed by atoms with Gasteiger partial charge in [-0.2, -0.15) is 4.98 Å². The van der Waals surface area contributed by atoms with Gasteiger partial charge >= 0.3 is 0 Å². The third kappa shape index (κ3) is 3.73. The number of piperidine rings is 1. The van der Waals surface area contributed by atoms with E-state index in [1.807, 2.05) is 6.92 Å². The molecule has 4 rings (SSSR count). The molecule has 25 heavy (non-hydrogen) atoms. The molecule has 1 aromatic heterocycles. The van der Waals surface area contributed by atoms with E-state index in [1.54, 1.807) is 0 Å². The summed E-state index contributed by atoms with van der Waals surface area (Å²) in [7, 11) is 0. The van der Waals surface area contributed by atoms with Gasteiger partial charge in [0.1, 0.15) is 5.54 Å². The van der Waals surface area contributed by atoms with E-state index in [-0.39, 0.29) is 5.91 Å². The summed E-state index contributed by atoms with van der Waals surface area (Å²) in [6.45, 7) is 1.81. The minimum Gasteiger partial charge on any atom is -0.343 e. The van der Waals surface area contributed by atoms with Crippen LogP contribution < -0.4 is 10.6 Å². The number of amides is 1. The molecular formula is C19H30N4O2. The van der Waals surface area contributed by atoms with Crippen molar-refractivity contribution in [2.45, 2.75) is 95.2 Å². The van der Waals surface area contributed by atoms with Crippen LogP contribution in [0.3, 0.4) is 0 Å².